The van der Waals surface area contributed by atoms with Gasteiger partial charge in [-0.05, 0) is 24.3 Å². The first-order valence-corrected chi connectivity index (χ1v) is 20.6. The molecule has 2 aromatic rings. The number of benzene rings is 1. The van der Waals surface area contributed by atoms with Gasteiger partial charge in [0.25, 0.3) is 5.91 Å². The molecule has 0 aliphatic rings. The lowest BCUT2D eigenvalue weighted by Gasteiger charge is -2.30. The number of allylic oxidation sites excluding steroid dienone is 1. The molecular weight excluding hydrogens is 750 g/mol. The molecule has 332 valence electrons. The molecule has 0 fully saturated rings. The van der Waals surface area contributed by atoms with E-state index < -0.39 is 17.4 Å². The van der Waals surface area contributed by atoms with Crippen LogP contribution in [0.15, 0.2) is 36.9 Å². The van der Waals surface area contributed by atoms with Crippen LogP contribution >= 0.6 is 0 Å². The van der Waals surface area contributed by atoms with Crippen LogP contribution in [0.2, 0.25) is 0 Å². The van der Waals surface area contributed by atoms with Crippen LogP contribution in [0.4, 0.5) is 0 Å². The van der Waals surface area contributed by atoms with Crippen LogP contribution in [0.5, 0.6) is 0 Å². The molecule has 1 heterocycles. The van der Waals surface area contributed by atoms with Crippen LogP contribution < -0.4 is 22.1 Å². The van der Waals surface area contributed by atoms with E-state index in [1.165, 1.54) is 0 Å². The smallest absolute Gasteiger partial charge is 0.273 e. The van der Waals surface area contributed by atoms with Crippen molar-refractivity contribution in [3.05, 3.63) is 42.6 Å². The molecule has 58 heavy (non-hydrogen) atoms. The van der Waals surface area contributed by atoms with E-state index in [1.807, 2.05) is 55.8 Å². The first kappa shape index (κ1) is 51.1. The summed E-state index contributed by atoms with van der Waals surface area (Å²) in [7, 11) is 0. The van der Waals surface area contributed by atoms with Gasteiger partial charge in [0, 0.05) is 51.2 Å². The molecule has 1 unspecified atom stereocenters. The van der Waals surface area contributed by atoms with E-state index in [9.17, 15) is 9.59 Å². The lowest BCUT2D eigenvalue weighted by molar-refractivity contribution is -0.125. The zero-order valence-corrected chi connectivity index (χ0v) is 35.4. The van der Waals surface area contributed by atoms with E-state index in [0.717, 1.165) is 23.7 Å². The molecule has 2 amide bonds. The Kier molecular flexibility index (Phi) is 28.8. The summed E-state index contributed by atoms with van der Waals surface area (Å²) >= 11 is 0. The average Bonchev–Trinajstić information content (AvgIpc) is 3.58. The van der Waals surface area contributed by atoms with Crippen molar-refractivity contribution in [1.82, 2.24) is 25.3 Å². The van der Waals surface area contributed by atoms with E-state index in [-0.39, 0.29) is 12.5 Å². The summed E-state index contributed by atoms with van der Waals surface area (Å²) in [4.78, 5) is 29.1. The van der Waals surface area contributed by atoms with Crippen LogP contribution in [0, 0.1) is 5.41 Å². The van der Waals surface area contributed by atoms with Gasteiger partial charge in [0.05, 0.1) is 111 Å². The van der Waals surface area contributed by atoms with E-state index in [4.69, 9.17) is 49.4 Å². The van der Waals surface area contributed by atoms with Gasteiger partial charge < -0.3 is 60.0 Å². The Morgan fingerprint density at radius 3 is 1.69 bits per heavy atom. The van der Waals surface area contributed by atoms with E-state index in [1.54, 1.807) is 0 Å². The molecule has 0 bridgehead atoms. The molecule has 6 N–H and O–H groups in total. The Morgan fingerprint density at radius 1 is 0.741 bits per heavy atom. The number of unbranched alkanes of at least 4 members (excludes halogenated alkanes) is 1. The Hall–Kier alpha value is -3.07. The standard InChI is InChI=1S/C41H73N7O10/c1-5-6-9-15-48-36-11-8-7-10-35(36)37(46-48)39(49)45-38(41(2,3)4)40(50)44-14-21-53-27-28-54-22-16-47(17-23-55-29-33-57-31-25-51-19-12-42)18-24-56-30-34-58-32-26-52-20-13-43/h5,7-8,10-11,38H,1,6,9,12-34,42-43H2,2-4H3,(H,44,50)(H,45,49). The van der Waals surface area contributed by atoms with Crippen molar-refractivity contribution >= 4 is 22.7 Å². The van der Waals surface area contributed by atoms with Gasteiger partial charge in [-0.3, -0.25) is 19.2 Å². The first-order valence-electron chi connectivity index (χ1n) is 20.6. The van der Waals surface area contributed by atoms with Gasteiger partial charge >= 0.3 is 0 Å². The molecule has 2 rings (SSSR count). The van der Waals surface area contributed by atoms with Crippen LogP contribution in [0.25, 0.3) is 10.9 Å². The van der Waals surface area contributed by atoms with Crippen molar-refractivity contribution in [1.29, 1.82) is 0 Å². The highest BCUT2D eigenvalue weighted by Gasteiger charge is 2.34. The molecule has 0 radical (unpaired) electrons. The monoisotopic (exact) mass is 824 g/mol. The van der Waals surface area contributed by atoms with Crippen LogP contribution in [0.3, 0.4) is 0 Å². The number of amides is 2. The van der Waals surface area contributed by atoms with Gasteiger partial charge in [0.1, 0.15) is 6.04 Å². The van der Waals surface area contributed by atoms with Crippen molar-refractivity contribution in [3.8, 4) is 0 Å². The summed E-state index contributed by atoms with van der Waals surface area (Å²) in [5.41, 5.74) is 11.5. The lowest BCUT2D eigenvalue weighted by atomic mass is 9.86. The number of hydrogen-bond acceptors (Lipinski definition) is 14. The summed E-state index contributed by atoms with van der Waals surface area (Å²) < 4.78 is 46.6. The number of nitrogens with two attached hydrogens (primary N) is 2. The molecule has 0 spiro atoms. The fraction of sp³-hybridized carbons (Fsp3) is 0.732. The predicted molar refractivity (Wildman–Crippen MR) is 224 cm³/mol. The Bertz CT molecular complexity index is 1340. The van der Waals surface area contributed by atoms with Crippen LogP contribution in [0.1, 0.15) is 44.1 Å². The van der Waals surface area contributed by atoms with Gasteiger partial charge in [0.15, 0.2) is 5.69 Å². The highest BCUT2D eigenvalue weighted by molar-refractivity contribution is 6.06. The Labute approximate surface area is 345 Å². The number of para-hydroxylation sites is 1. The number of carbonyl (C=O) groups is 2. The summed E-state index contributed by atoms with van der Waals surface area (Å²) in [6.07, 6.45) is 3.58. The second-order valence-corrected chi connectivity index (χ2v) is 14.4. The minimum Gasteiger partial charge on any atom is -0.378 e. The number of fused-ring (bicyclic) bond motifs is 1. The van der Waals surface area contributed by atoms with Crippen LogP contribution in [-0.4, -0.2) is 178 Å². The van der Waals surface area contributed by atoms with Crippen LogP contribution in [-0.2, 0) is 49.2 Å². The molecule has 1 aromatic heterocycles. The minimum absolute atomic E-state index is 0.288. The van der Waals surface area contributed by atoms with Gasteiger partial charge in [-0.15, -0.1) is 6.58 Å². The molecule has 17 nitrogen and oxygen atoms in total. The molecule has 0 saturated heterocycles. The predicted octanol–water partition coefficient (Wildman–Crippen LogP) is 1.62. The third kappa shape index (κ3) is 22.9. The topological polar surface area (TPSA) is 205 Å². The van der Waals surface area contributed by atoms with Gasteiger partial charge in [-0.1, -0.05) is 45.0 Å². The number of carbonyl (C=O) groups excluding carboxylic acids is 2. The number of rotatable bonds is 38. The maximum Gasteiger partial charge on any atom is 0.273 e. The lowest BCUT2D eigenvalue weighted by Crippen LogP contribution is -2.54. The zero-order chi connectivity index (χ0) is 42.1. The molecule has 17 heteroatoms. The second kappa shape index (κ2) is 32.7. The SMILES string of the molecule is C=CCCCn1nc(C(=O)NC(C(=O)NCCOCCOCCN(CCOCCOCCOCCN)CCOCCOCCOCCN)C(C)(C)C)c2ccccc21. The average molecular weight is 824 g/mol. The van der Waals surface area contributed by atoms with Crippen molar-refractivity contribution in [2.75, 3.05) is 145 Å². The highest BCUT2D eigenvalue weighted by Crippen LogP contribution is 2.23. The largest absolute Gasteiger partial charge is 0.378 e. The Morgan fingerprint density at radius 2 is 1.21 bits per heavy atom. The maximum absolute atomic E-state index is 13.5. The fourth-order valence-corrected chi connectivity index (χ4v) is 5.56. The molecular formula is C41H73N7O10. The normalized spacial score (nSPS) is 12.4. The number of ether oxygens (including phenoxy) is 8. The molecule has 0 aliphatic carbocycles. The second-order valence-electron chi connectivity index (χ2n) is 14.4. The van der Waals surface area contributed by atoms with Crippen molar-refractivity contribution in [3.63, 3.8) is 0 Å². The maximum atomic E-state index is 13.5. The van der Waals surface area contributed by atoms with Gasteiger partial charge in [-0.2, -0.15) is 5.10 Å². The molecule has 1 atom stereocenters. The number of nitrogens with one attached hydrogen (secondary N) is 2. The van der Waals surface area contributed by atoms with Crippen molar-refractivity contribution in [2.24, 2.45) is 16.9 Å². The fourth-order valence-electron chi connectivity index (χ4n) is 5.56. The summed E-state index contributed by atoms with van der Waals surface area (Å²) in [6, 6.07) is 6.84. The molecule has 1 aromatic carbocycles. The molecule has 0 aliphatic heterocycles. The van der Waals surface area contributed by atoms with Crippen molar-refractivity contribution < 1.29 is 47.5 Å². The highest BCUT2D eigenvalue weighted by atomic mass is 16.6. The first-order chi connectivity index (χ1) is 28.2. The van der Waals surface area contributed by atoms with Crippen molar-refractivity contribution in [2.45, 2.75) is 46.2 Å². The Balaban J connectivity index is 1.70. The number of aryl methyl sites for hydroxylation is 1. The number of aromatic nitrogens is 2. The quantitative estimate of drug-likeness (QED) is 0.0562. The third-order valence-electron chi connectivity index (χ3n) is 8.64. The zero-order valence-electron chi connectivity index (χ0n) is 35.4. The minimum atomic E-state index is -0.785. The third-order valence-corrected chi connectivity index (χ3v) is 8.64. The number of hydrogen-bond donors (Lipinski definition) is 4. The van der Waals surface area contributed by atoms with E-state index >= 15 is 0 Å². The van der Waals surface area contributed by atoms with E-state index in [2.05, 4.69) is 27.2 Å². The van der Waals surface area contributed by atoms with Gasteiger partial charge in [-0.25, -0.2) is 0 Å². The number of nitrogens with zero attached hydrogens (tertiary/aromatic N) is 3. The van der Waals surface area contributed by atoms with E-state index in [0.29, 0.717) is 151 Å². The molecule has 0 saturated carbocycles. The van der Waals surface area contributed by atoms with Gasteiger partial charge in [0.2, 0.25) is 5.91 Å². The summed E-state index contributed by atoms with van der Waals surface area (Å²) in [6.45, 7) is 21.4. The summed E-state index contributed by atoms with van der Waals surface area (Å²) in [5.74, 6) is -0.679. The summed E-state index contributed by atoms with van der Waals surface area (Å²) in [5, 5.41) is 11.2.